The van der Waals surface area contributed by atoms with Gasteiger partial charge in [0.2, 0.25) is 0 Å². The molecule has 4 rings (SSSR count). The van der Waals surface area contributed by atoms with Gasteiger partial charge in [0.15, 0.2) is 11.6 Å². The van der Waals surface area contributed by atoms with Crippen molar-refractivity contribution >= 4 is 40.3 Å². The summed E-state index contributed by atoms with van der Waals surface area (Å²) in [6.45, 7) is 3.11. The second kappa shape index (κ2) is 9.40. The number of benzene rings is 1. The zero-order valence-electron chi connectivity index (χ0n) is 16.9. The lowest BCUT2D eigenvalue weighted by Crippen LogP contribution is -2.37. The molecule has 0 unspecified atom stereocenters. The minimum Gasteiger partial charge on any atom is -0.451 e. The van der Waals surface area contributed by atoms with Gasteiger partial charge in [-0.1, -0.05) is 19.3 Å². The van der Waals surface area contributed by atoms with Crippen LogP contribution in [0.1, 0.15) is 49.6 Å². The molecule has 1 fully saturated rings. The van der Waals surface area contributed by atoms with E-state index in [1.807, 2.05) is 30.5 Å². The van der Waals surface area contributed by atoms with Crippen LogP contribution in [0.15, 0.2) is 51.9 Å². The molecule has 1 aromatic carbocycles. The first kappa shape index (κ1) is 20.6. The summed E-state index contributed by atoms with van der Waals surface area (Å²) < 4.78 is 8.98. The van der Waals surface area contributed by atoms with E-state index in [-0.39, 0.29) is 5.76 Å². The molecule has 2 aromatic heterocycles. The van der Waals surface area contributed by atoms with Crippen LogP contribution in [0.2, 0.25) is 0 Å². The average Bonchev–Trinajstić information content (AvgIpc) is 3.22. The van der Waals surface area contributed by atoms with Crippen molar-refractivity contribution in [2.45, 2.75) is 50.0 Å². The van der Waals surface area contributed by atoms with Gasteiger partial charge in [-0.25, -0.2) is 10.5 Å². The standard InChI is InChI=1S/C22H26N4O3S/c1-2-26(16-7-4-3-5-8-16)21-18(9-6-12-23-21)25-30-17-11-10-15-13-20(22(27)24-28)29-19(15)14-17/h6,9-14,16,25,28H,2-5,7-8H2,1H3,(H,24,27). The highest BCUT2D eigenvalue weighted by molar-refractivity contribution is 8.00. The summed E-state index contributed by atoms with van der Waals surface area (Å²) in [6, 6.07) is 11.9. The molecule has 158 valence electrons. The number of carbonyl (C=O) groups excluding carboxylic acids is 1. The Hall–Kier alpha value is -2.71. The third kappa shape index (κ3) is 4.39. The van der Waals surface area contributed by atoms with E-state index in [0.29, 0.717) is 11.6 Å². The SMILES string of the molecule is CCN(c1ncccc1NSc1ccc2cc(C(=O)NO)oc2c1)C1CCCCC1. The molecule has 0 radical (unpaired) electrons. The van der Waals surface area contributed by atoms with Crippen molar-refractivity contribution in [3.8, 4) is 0 Å². The van der Waals surface area contributed by atoms with E-state index in [4.69, 9.17) is 9.62 Å². The van der Waals surface area contributed by atoms with Crippen molar-refractivity contribution in [2.24, 2.45) is 0 Å². The number of hydrogen-bond acceptors (Lipinski definition) is 7. The largest absolute Gasteiger partial charge is 0.451 e. The second-order valence-corrected chi connectivity index (χ2v) is 8.29. The van der Waals surface area contributed by atoms with E-state index in [2.05, 4.69) is 27.6 Å². The monoisotopic (exact) mass is 426 g/mol. The van der Waals surface area contributed by atoms with Crippen molar-refractivity contribution < 1.29 is 14.4 Å². The van der Waals surface area contributed by atoms with Crippen LogP contribution in [0.4, 0.5) is 11.5 Å². The molecule has 0 aliphatic heterocycles. The highest BCUT2D eigenvalue weighted by atomic mass is 32.2. The maximum atomic E-state index is 11.6. The van der Waals surface area contributed by atoms with Gasteiger partial charge in [-0.2, -0.15) is 0 Å². The summed E-state index contributed by atoms with van der Waals surface area (Å²) in [5.74, 6) is 0.393. The van der Waals surface area contributed by atoms with Crippen LogP contribution < -0.4 is 15.1 Å². The Labute approximate surface area is 179 Å². The molecule has 3 N–H and O–H groups in total. The fourth-order valence-corrected chi connectivity index (χ4v) is 4.72. The van der Waals surface area contributed by atoms with Gasteiger partial charge >= 0.3 is 5.91 Å². The van der Waals surface area contributed by atoms with Crippen LogP contribution in [0.3, 0.4) is 0 Å². The van der Waals surface area contributed by atoms with Crippen molar-refractivity contribution in [3.63, 3.8) is 0 Å². The van der Waals surface area contributed by atoms with Gasteiger partial charge < -0.3 is 14.0 Å². The second-order valence-electron chi connectivity index (χ2n) is 7.41. The normalized spacial score (nSPS) is 14.6. The molecule has 3 aromatic rings. The zero-order valence-corrected chi connectivity index (χ0v) is 17.7. The lowest BCUT2D eigenvalue weighted by molar-refractivity contribution is 0.0678. The number of pyridine rings is 1. The van der Waals surface area contributed by atoms with Gasteiger partial charge in [-0.05, 0) is 68.1 Å². The van der Waals surface area contributed by atoms with Crippen LogP contribution in [0.25, 0.3) is 11.0 Å². The third-order valence-electron chi connectivity index (χ3n) is 5.51. The summed E-state index contributed by atoms with van der Waals surface area (Å²) in [5, 5.41) is 9.58. The minimum absolute atomic E-state index is 0.0724. The Morgan fingerprint density at radius 3 is 2.87 bits per heavy atom. The summed E-state index contributed by atoms with van der Waals surface area (Å²) in [7, 11) is 0. The molecular weight excluding hydrogens is 400 g/mol. The Morgan fingerprint density at radius 2 is 2.10 bits per heavy atom. The average molecular weight is 427 g/mol. The Bertz CT molecular complexity index is 1020. The maximum Gasteiger partial charge on any atom is 0.310 e. The number of anilines is 2. The maximum absolute atomic E-state index is 11.6. The number of fused-ring (bicyclic) bond motifs is 1. The molecular formula is C22H26N4O3S. The third-order valence-corrected chi connectivity index (χ3v) is 6.32. The van der Waals surface area contributed by atoms with Crippen LogP contribution in [0, 0.1) is 0 Å². The molecule has 0 atom stereocenters. The molecule has 0 bridgehead atoms. The number of carbonyl (C=O) groups is 1. The van der Waals surface area contributed by atoms with E-state index in [0.717, 1.165) is 28.3 Å². The van der Waals surface area contributed by atoms with Gasteiger partial charge in [-0.15, -0.1) is 0 Å². The fourth-order valence-electron chi connectivity index (χ4n) is 4.03. The molecule has 7 nitrogen and oxygen atoms in total. The fraction of sp³-hybridized carbons (Fsp3) is 0.364. The number of hydrogen-bond donors (Lipinski definition) is 3. The topological polar surface area (TPSA) is 90.6 Å². The number of furan rings is 1. The first-order valence-corrected chi connectivity index (χ1v) is 11.1. The Kier molecular flexibility index (Phi) is 6.44. The predicted molar refractivity (Wildman–Crippen MR) is 119 cm³/mol. The molecule has 1 aliphatic rings. The zero-order chi connectivity index (χ0) is 20.9. The molecule has 8 heteroatoms. The number of nitrogens with one attached hydrogen (secondary N) is 2. The summed E-state index contributed by atoms with van der Waals surface area (Å²) in [5.41, 5.74) is 3.16. The molecule has 1 saturated carbocycles. The smallest absolute Gasteiger partial charge is 0.310 e. The summed E-state index contributed by atoms with van der Waals surface area (Å²) in [4.78, 5) is 19.6. The first-order valence-electron chi connectivity index (χ1n) is 10.3. The number of rotatable bonds is 7. The van der Waals surface area contributed by atoms with E-state index >= 15 is 0 Å². The lowest BCUT2D eigenvalue weighted by Gasteiger charge is -2.35. The quantitative estimate of drug-likeness (QED) is 0.271. The van der Waals surface area contributed by atoms with E-state index in [9.17, 15) is 4.79 Å². The van der Waals surface area contributed by atoms with Gasteiger partial charge in [0.25, 0.3) is 0 Å². The number of aromatic nitrogens is 1. The van der Waals surface area contributed by atoms with E-state index in [1.165, 1.54) is 44.1 Å². The molecule has 1 amide bonds. The van der Waals surface area contributed by atoms with Gasteiger partial charge in [0.1, 0.15) is 5.58 Å². The molecule has 2 heterocycles. The molecule has 1 aliphatic carbocycles. The van der Waals surface area contributed by atoms with Crippen molar-refractivity contribution in [1.82, 2.24) is 10.5 Å². The van der Waals surface area contributed by atoms with E-state index in [1.54, 1.807) is 11.5 Å². The molecule has 0 saturated heterocycles. The van der Waals surface area contributed by atoms with Crippen molar-refractivity contribution in [2.75, 3.05) is 16.2 Å². The Balaban J connectivity index is 1.51. The molecule has 0 spiro atoms. The van der Waals surface area contributed by atoms with Crippen LogP contribution in [-0.4, -0.2) is 28.7 Å². The van der Waals surface area contributed by atoms with Crippen molar-refractivity contribution in [3.05, 3.63) is 48.4 Å². The summed E-state index contributed by atoms with van der Waals surface area (Å²) in [6.07, 6.45) is 8.18. The summed E-state index contributed by atoms with van der Waals surface area (Å²) >= 11 is 1.47. The van der Waals surface area contributed by atoms with Crippen LogP contribution in [-0.2, 0) is 0 Å². The highest BCUT2D eigenvalue weighted by Gasteiger charge is 2.23. The highest BCUT2D eigenvalue weighted by Crippen LogP contribution is 2.33. The van der Waals surface area contributed by atoms with Gasteiger partial charge in [-0.3, -0.25) is 10.0 Å². The van der Waals surface area contributed by atoms with E-state index < -0.39 is 5.91 Å². The first-order chi connectivity index (χ1) is 14.7. The van der Waals surface area contributed by atoms with Crippen LogP contribution >= 0.6 is 11.9 Å². The number of hydroxylamine groups is 1. The number of nitrogens with zero attached hydrogens (tertiary/aromatic N) is 2. The molecule has 30 heavy (non-hydrogen) atoms. The van der Waals surface area contributed by atoms with Crippen LogP contribution in [0.5, 0.6) is 0 Å². The lowest BCUT2D eigenvalue weighted by atomic mass is 9.94. The van der Waals surface area contributed by atoms with Crippen molar-refractivity contribution in [1.29, 1.82) is 0 Å². The predicted octanol–water partition coefficient (Wildman–Crippen LogP) is 5.23. The minimum atomic E-state index is -0.666. The van der Waals surface area contributed by atoms with Gasteiger partial charge in [0.05, 0.1) is 5.69 Å². The number of amides is 1. The van der Waals surface area contributed by atoms with Gasteiger partial charge in [0, 0.05) is 29.1 Å². The Morgan fingerprint density at radius 1 is 1.27 bits per heavy atom.